The lowest BCUT2D eigenvalue weighted by atomic mass is 10.1. The van der Waals surface area contributed by atoms with Crippen LogP contribution in [0.25, 0.3) is 16.9 Å². The number of rotatable bonds is 5. The molecule has 3 N–H and O–H groups in total. The van der Waals surface area contributed by atoms with E-state index >= 15 is 0 Å². The zero-order chi connectivity index (χ0) is 19.8. The number of carbonyl (C=O) groups excluding carboxylic acids is 1. The molecule has 0 fully saturated rings. The van der Waals surface area contributed by atoms with E-state index in [1.807, 2.05) is 17.5 Å². The lowest BCUT2D eigenvalue weighted by Crippen LogP contribution is -2.17. The molecule has 0 spiro atoms. The normalized spacial score (nSPS) is 13.1. The Morgan fingerprint density at radius 3 is 3.03 bits per heavy atom. The second-order valence-electron chi connectivity index (χ2n) is 6.70. The number of aromatic nitrogens is 4. The number of amides is 1. The zero-order valence-electron chi connectivity index (χ0n) is 15.5. The number of anilines is 1. The van der Waals surface area contributed by atoms with Gasteiger partial charge in [0.1, 0.15) is 5.82 Å². The fourth-order valence-electron chi connectivity index (χ4n) is 3.46. The third-order valence-corrected chi connectivity index (χ3v) is 5.72. The zero-order valence-corrected chi connectivity index (χ0v) is 16.3. The van der Waals surface area contributed by atoms with Crippen LogP contribution in [0.15, 0.2) is 41.9 Å². The third-order valence-electron chi connectivity index (χ3n) is 4.85. The number of thiophene rings is 1. The molecular formula is C20H18N6O2S. The maximum Gasteiger partial charge on any atom is 0.256 e. The molecule has 1 aliphatic heterocycles. The quantitative estimate of drug-likeness (QED) is 0.528. The highest BCUT2D eigenvalue weighted by Crippen LogP contribution is 2.31. The summed E-state index contributed by atoms with van der Waals surface area (Å²) in [5, 5.41) is 10.5. The fourth-order valence-corrected chi connectivity index (χ4v) is 4.11. The highest BCUT2D eigenvalue weighted by Gasteiger charge is 2.21. The molecule has 5 rings (SSSR count). The molecular weight excluding hydrogens is 388 g/mol. The number of nitrogens with zero attached hydrogens (tertiary/aromatic N) is 4. The SMILES string of the molecule is NC(=O)c1cccc2c1cnn2-c1nc(NCc2cccs2)c2c(n1)OCCC2. The molecule has 3 aromatic heterocycles. The van der Waals surface area contributed by atoms with Crippen molar-refractivity contribution in [2.45, 2.75) is 19.4 Å². The number of carbonyl (C=O) groups is 1. The number of benzene rings is 1. The van der Waals surface area contributed by atoms with Crippen LogP contribution in [0.1, 0.15) is 27.2 Å². The van der Waals surface area contributed by atoms with Gasteiger partial charge in [-0.2, -0.15) is 19.7 Å². The molecule has 9 heteroatoms. The Kier molecular flexibility index (Phi) is 4.36. The Labute approximate surface area is 170 Å². The second-order valence-corrected chi connectivity index (χ2v) is 7.73. The van der Waals surface area contributed by atoms with Gasteiger partial charge < -0.3 is 15.8 Å². The van der Waals surface area contributed by atoms with Gasteiger partial charge in [-0.15, -0.1) is 11.3 Å². The van der Waals surface area contributed by atoms with Crippen LogP contribution < -0.4 is 15.8 Å². The maximum absolute atomic E-state index is 11.7. The Balaban J connectivity index is 1.60. The highest BCUT2D eigenvalue weighted by atomic mass is 32.1. The van der Waals surface area contributed by atoms with Crippen LogP contribution in [-0.4, -0.2) is 32.3 Å². The van der Waals surface area contributed by atoms with E-state index in [0.29, 0.717) is 41.4 Å². The maximum atomic E-state index is 11.7. The summed E-state index contributed by atoms with van der Waals surface area (Å²) in [6, 6.07) is 9.41. The van der Waals surface area contributed by atoms with Gasteiger partial charge in [0, 0.05) is 10.3 Å². The standard InChI is InChI=1S/C20H18N6O2S/c21-17(27)13-5-1-7-16-15(13)11-23-26(16)20-24-18(22-10-12-4-3-9-29-12)14-6-2-8-28-19(14)25-20/h1,3-5,7,9,11H,2,6,8,10H2,(H2,21,27)(H,22,24,25). The third kappa shape index (κ3) is 3.19. The number of primary amides is 1. The van der Waals surface area contributed by atoms with Gasteiger partial charge in [0.05, 0.1) is 36.0 Å². The first-order chi connectivity index (χ1) is 14.2. The van der Waals surface area contributed by atoms with Gasteiger partial charge in [-0.1, -0.05) is 12.1 Å². The van der Waals surface area contributed by atoms with Crippen molar-refractivity contribution in [1.29, 1.82) is 0 Å². The van der Waals surface area contributed by atoms with Crippen molar-refractivity contribution in [2.24, 2.45) is 5.73 Å². The van der Waals surface area contributed by atoms with E-state index in [1.165, 1.54) is 4.88 Å². The Morgan fingerprint density at radius 2 is 2.21 bits per heavy atom. The van der Waals surface area contributed by atoms with E-state index in [2.05, 4.69) is 21.5 Å². The molecule has 4 aromatic rings. The van der Waals surface area contributed by atoms with Gasteiger partial charge in [-0.05, 0) is 36.4 Å². The Morgan fingerprint density at radius 1 is 1.28 bits per heavy atom. The van der Waals surface area contributed by atoms with Gasteiger partial charge in [0.15, 0.2) is 0 Å². The predicted octanol–water partition coefficient (Wildman–Crippen LogP) is 2.91. The predicted molar refractivity (Wildman–Crippen MR) is 111 cm³/mol. The molecule has 0 atom stereocenters. The molecule has 0 radical (unpaired) electrons. The van der Waals surface area contributed by atoms with Crippen molar-refractivity contribution < 1.29 is 9.53 Å². The summed E-state index contributed by atoms with van der Waals surface area (Å²) >= 11 is 1.69. The van der Waals surface area contributed by atoms with Crippen LogP contribution >= 0.6 is 11.3 Å². The van der Waals surface area contributed by atoms with Crippen LogP contribution in [0.2, 0.25) is 0 Å². The van der Waals surface area contributed by atoms with Gasteiger partial charge in [-0.25, -0.2) is 0 Å². The molecule has 29 heavy (non-hydrogen) atoms. The summed E-state index contributed by atoms with van der Waals surface area (Å²) in [7, 11) is 0. The molecule has 146 valence electrons. The largest absolute Gasteiger partial charge is 0.477 e. The molecule has 1 aromatic carbocycles. The smallest absolute Gasteiger partial charge is 0.256 e. The fraction of sp³-hybridized carbons (Fsp3) is 0.200. The number of ether oxygens (including phenoxy) is 1. The molecule has 4 heterocycles. The topological polar surface area (TPSA) is 108 Å². The molecule has 8 nitrogen and oxygen atoms in total. The van der Waals surface area contributed by atoms with E-state index in [0.717, 1.165) is 24.2 Å². The van der Waals surface area contributed by atoms with Crippen molar-refractivity contribution in [3.8, 4) is 11.8 Å². The van der Waals surface area contributed by atoms with Crippen LogP contribution in [0.3, 0.4) is 0 Å². The summed E-state index contributed by atoms with van der Waals surface area (Å²) in [5.41, 5.74) is 7.60. The Hall–Kier alpha value is -3.46. The van der Waals surface area contributed by atoms with Gasteiger partial charge >= 0.3 is 0 Å². The lowest BCUT2D eigenvalue weighted by Gasteiger charge is -2.20. The van der Waals surface area contributed by atoms with Crippen molar-refractivity contribution in [2.75, 3.05) is 11.9 Å². The van der Waals surface area contributed by atoms with Crippen LogP contribution in [-0.2, 0) is 13.0 Å². The molecule has 0 aliphatic carbocycles. The number of nitrogens with one attached hydrogen (secondary N) is 1. The van der Waals surface area contributed by atoms with Crippen LogP contribution in [0.5, 0.6) is 5.88 Å². The van der Waals surface area contributed by atoms with Crippen molar-refractivity contribution >= 4 is 34.0 Å². The van der Waals surface area contributed by atoms with E-state index in [4.69, 9.17) is 15.5 Å². The first-order valence-electron chi connectivity index (χ1n) is 9.27. The molecule has 0 bridgehead atoms. The number of fused-ring (bicyclic) bond motifs is 2. The Bertz CT molecular complexity index is 1200. The minimum Gasteiger partial charge on any atom is -0.477 e. The van der Waals surface area contributed by atoms with E-state index in [-0.39, 0.29) is 0 Å². The van der Waals surface area contributed by atoms with Crippen molar-refractivity contribution in [3.63, 3.8) is 0 Å². The molecule has 0 unspecified atom stereocenters. The molecule has 1 aliphatic rings. The monoisotopic (exact) mass is 406 g/mol. The molecule has 0 saturated heterocycles. The minimum atomic E-state index is -0.497. The van der Waals surface area contributed by atoms with Gasteiger partial charge in [0.25, 0.3) is 5.95 Å². The van der Waals surface area contributed by atoms with Crippen LogP contribution in [0, 0.1) is 0 Å². The van der Waals surface area contributed by atoms with Crippen molar-refractivity contribution in [3.05, 3.63) is 57.9 Å². The summed E-state index contributed by atoms with van der Waals surface area (Å²) in [5.74, 6) is 1.21. The summed E-state index contributed by atoms with van der Waals surface area (Å²) in [4.78, 5) is 22.3. The van der Waals surface area contributed by atoms with E-state index < -0.39 is 5.91 Å². The second kappa shape index (κ2) is 7.17. The average molecular weight is 406 g/mol. The molecule has 1 amide bonds. The van der Waals surface area contributed by atoms with Crippen molar-refractivity contribution in [1.82, 2.24) is 19.7 Å². The number of hydrogen-bond acceptors (Lipinski definition) is 7. The summed E-state index contributed by atoms with van der Waals surface area (Å²) in [6.07, 6.45) is 3.39. The lowest BCUT2D eigenvalue weighted by molar-refractivity contribution is 0.100. The summed E-state index contributed by atoms with van der Waals surface area (Å²) in [6.45, 7) is 1.30. The molecule has 0 saturated carbocycles. The van der Waals surface area contributed by atoms with Gasteiger partial charge in [0.2, 0.25) is 11.8 Å². The first kappa shape index (κ1) is 17.6. The number of nitrogens with two attached hydrogens (primary N) is 1. The highest BCUT2D eigenvalue weighted by molar-refractivity contribution is 7.09. The number of hydrogen-bond donors (Lipinski definition) is 2. The van der Waals surface area contributed by atoms with Gasteiger partial charge in [-0.3, -0.25) is 4.79 Å². The minimum absolute atomic E-state index is 0.385. The average Bonchev–Trinajstić information content (AvgIpc) is 3.41. The van der Waals surface area contributed by atoms with E-state index in [9.17, 15) is 4.79 Å². The summed E-state index contributed by atoms with van der Waals surface area (Å²) < 4.78 is 7.42. The van der Waals surface area contributed by atoms with E-state index in [1.54, 1.807) is 34.3 Å². The first-order valence-corrected chi connectivity index (χ1v) is 10.2. The van der Waals surface area contributed by atoms with Crippen LogP contribution in [0.4, 0.5) is 5.82 Å².